The fourth-order valence-corrected chi connectivity index (χ4v) is 2.80. The zero-order valence-electron chi connectivity index (χ0n) is 10.2. The summed E-state index contributed by atoms with van der Waals surface area (Å²) in [5.74, 6) is 3.46. The van der Waals surface area contributed by atoms with Crippen LogP contribution in [0.15, 0.2) is 30.3 Å². The topological polar surface area (TPSA) is 21.3 Å². The molecule has 0 spiro atoms. The highest BCUT2D eigenvalue weighted by Crippen LogP contribution is 2.13. The second kappa shape index (κ2) is 7.75. The molecule has 1 aromatic rings. The summed E-state index contributed by atoms with van der Waals surface area (Å²) < 4.78 is 5.64. The van der Waals surface area contributed by atoms with E-state index < -0.39 is 0 Å². The van der Waals surface area contributed by atoms with Crippen LogP contribution in [0.3, 0.4) is 0 Å². The minimum Gasteiger partial charge on any atom is -0.377 e. The Hall–Kier alpha value is -0.510. The van der Waals surface area contributed by atoms with Gasteiger partial charge in [-0.05, 0) is 42.5 Å². The molecular formula is C14H21NOS. The van der Waals surface area contributed by atoms with Gasteiger partial charge in [0.1, 0.15) is 0 Å². The zero-order chi connectivity index (χ0) is 11.8. The van der Waals surface area contributed by atoms with Gasteiger partial charge in [0.15, 0.2) is 0 Å². The summed E-state index contributed by atoms with van der Waals surface area (Å²) in [4.78, 5) is 0. The van der Waals surface area contributed by atoms with Crippen LogP contribution in [-0.2, 0) is 11.3 Å². The average molecular weight is 251 g/mol. The smallest absolute Gasteiger partial charge is 0.0716 e. The minimum atomic E-state index is 0.748. The summed E-state index contributed by atoms with van der Waals surface area (Å²) in [5, 5.41) is 3.30. The van der Waals surface area contributed by atoms with Crippen LogP contribution < -0.4 is 5.32 Å². The Labute approximate surface area is 108 Å². The molecule has 0 saturated carbocycles. The Kier molecular flexibility index (Phi) is 5.89. The fraction of sp³-hybridized carbons (Fsp3) is 0.571. The third-order valence-corrected chi connectivity index (χ3v) is 4.19. The van der Waals surface area contributed by atoms with Crippen LogP contribution in [0.4, 0.5) is 0 Å². The summed E-state index contributed by atoms with van der Waals surface area (Å²) in [6.07, 6.45) is 1.16. The van der Waals surface area contributed by atoms with Crippen LogP contribution in [0, 0.1) is 5.92 Å². The maximum atomic E-state index is 5.64. The highest BCUT2D eigenvalue weighted by Gasteiger charge is 2.15. The lowest BCUT2D eigenvalue weighted by Gasteiger charge is -2.26. The first-order valence-corrected chi connectivity index (χ1v) is 7.51. The predicted octanol–water partition coefficient (Wildman–Crippen LogP) is 2.55. The molecule has 1 aromatic carbocycles. The standard InChI is InChI=1S/C14H21NOS/c1-2-5-13(6-3-1)11-16-7-4-8-17-12-14-9-15-10-14/h1-3,5-6,14-15H,4,7-12H2. The Morgan fingerprint density at radius 3 is 2.76 bits per heavy atom. The van der Waals surface area contributed by atoms with Crippen molar-refractivity contribution in [3.63, 3.8) is 0 Å². The van der Waals surface area contributed by atoms with Crippen molar-refractivity contribution in [2.75, 3.05) is 31.2 Å². The SMILES string of the molecule is c1ccc(COCCCSCC2CNC2)cc1. The van der Waals surface area contributed by atoms with E-state index in [0.717, 1.165) is 25.6 Å². The van der Waals surface area contributed by atoms with Crippen molar-refractivity contribution in [3.05, 3.63) is 35.9 Å². The molecule has 2 nitrogen and oxygen atoms in total. The molecular weight excluding hydrogens is 230 g/mol. The molecule has 1 heterocycles. The largest absolute Gasteiger partial charge is 0.377 e. The predicted molar refractivity (Wildman–Crippen MR) is 74.4 cm³/mol. The van der Waals surface area contributed by atoms with Gasteiger partial charge in [-0.1, -0.05) is 30.3 Å². The van der Waals surface area contributed by atoms with E-state index in [-0.39, 0.29) is 0 Å². The van der Waals surface area contributed by atoms with E-state index in [9.17, 15) is 0 Å². The molecule has 94 valence electrons. The van der Waals surface area contributed by atoms with Crippen LogP contribution >= 0.6 is 11.8 Å². The molecule has 0 amide bonds. The molecule has 0 bridgehead atoms. The Balaban J connectivity index is 1.41. The quantitative estimate of drug-likeness (QED) is 0.717. The molecule has 0 unspecified atom stereocenters. The number of benzene rings is 1. The molecule has 0 atom stereocenters. The summed E-state index contributed by atoms with van der Waals surface area (Å²) in [7, 11) is 0. The van der Waals surface area contributed by atoms with E-state index in [1.54, 1.807) is 0 Å². The minimum absolute atomic E-state index is 0.748. The van der Waals surface area contributed by atoms with Gasteiger partial charge in [-0.25, -0.2) is 0 Å². The van der Waals surface area contributed by atoms with Crippen molar-refractivity contribution in [2.45, 2.75) is 13.0 Å². The number of nitrogens with one attached hydrogen (secondary N) is 1. The molecule has 0 aliphatic carbocycles. The van der Waals surface area contributed by atoms with E-state index in [4.69, 9.17) is 4.74 Å². The summed E-state index contributed by atoms with van der Waals surface area (Å²) >= 11 is 2.06. The molecule has 1 aliphatic rings. The molecule has 3 heteroatoms. The lowest BCUT2D eigenvalue weighted by molar-refractivity contribution is 0.122. The van der Waals surface area contributed by atoms with Crippen LogP contribution in [-0.4, -0.2) is 31.2 Å². The summed E-state index contributed by atoms with van der Waals surface area (Å²) in [5.41, 5.74) is 1.26. The van der Waals surface area contributed by atoms with Crippen molar-refractivity contribution in [3.8, 4) is 0 Å². The van der Waals surface area contributed by atoms with Gasteiger partial charge >= 0.3 is 0 Å². The lowest BCUT2D eigenvalue weighted by Crippen LogP contribution is -2.43. The lowest BCUT2D eigenvalue weighted by atomic mass is 10.1. The molecule has 2 rings (SSSR count). The maximum absolute atomic E-state index is 5.64. The van der Waals surface area contributed by atoms with Crippen LogP contribution in [0.2, 0.25) is 0 Å². The first-order valence-electron chi connectivity index (χ1n) is 6.35. The highest BCUT2D eigenvalue weighted by molar-refractivity contribution is 7.99. The molecule has 1 saturated heterocycles. The van der Waals surface area contributed by atoms with Crippen molar-refractivity contribution < 1.29 is 4.74 Å². The van der Waals surface area contributed by atoms with Crippen LogP contribution in [0.5, 0.6) is 0 Å². The first-order chi connectivity index (χ1) is 8.45. The second-order valence-corrected chi connectivity index (χ2v) is 5.64. The number of ether oxygens (including phenoxy) is 1. The van der Waals surface area contributed by atoms with Crippen molar-refractivity contribution in [2.24, 2.45) is 5.92 Å². The monoisotopic (exact) mass is 251 g/mol. The van der Waals surface area contributed by atoms with E-state index in [2.05, 4.69) is 41.3 Å². The number of hydrogen-bond acceptors (Lipinski definition) is 3. The summed E-state index contributed by atoms with van der Waals surface area (Å²) in [6, 6.07) is 10.4. The maximum Gasteiger partial charge on any atom is 0.0716 e. The van der Waals surface area contributed by atoms with Crippen LogP contribution in [0.1, 0.15) is 12.0 Å². The molecule has 1 aliphatic heterocycles. The fourth-order valence-electron chi connectivity index (χ4n) is 1.74. The molecule has 1 fully saturated rings. The van der Waals surface area contributed by atoms with E-state index in [0.29, 0.717) is 0 Å². The van der Waals surface area contributed by atoms with Crippen molar-refractivity contribution in [1.29, 1.82) is 0 Å². The van der Waals surface area contributed by atoms with Gasteiger partial charge in [0.2, 0.25) is 0 Å². The molecule has 17 heavy (non-hydrogen) atoms. The highest BCUT2D eigenvalue weighted by atomic mass is 32.2. The van der Waals surface area contributed by atoms with E-state index in [1.165, 1.54) is 30.2 Å². The van der Waals surface area contributed by atoms with Gasteiger partial charge in [-0.2, -0.15) is 11.8 Å². The molecule has 0 aromatic heterocycles. The number of rotatable bonds is 8. The average Bonchev–Trinajstić information content (AvgIpc) is 2.31. The Morgan fingerprint density at radius 1 is 1.24 bits per heavy atom. The van der Waals surface area contributed by atoms with Gasteiger partial charge in [0.05, 0.1) is 6.61 Å². The number of thioether (sulfide) groups is 1. The Bertz CT molecular complexity index is 300. The zero-order valence-corrected chi connectivity index (χ0v) is 11.0. The van der Waals surface area contributed by atoms with Gasteiger partial charge in [-0.15, -0.1) is 0 Å². The van der Waals surface area contributed by atoms with E-state index >= 15 is 0 Å². The van der Waals surface area contributed by atoms with Gasteiger partial charge in [-0.3, -0.25) is 0 Å². The molecule has 1 N–H and O–H groups in total. The Morgan fingerprint density at radius 2 is 2.06 bits per heavy atom. The van der Waals surface area contributed by atoms with Gasteiger partial charge < -0.3 is 10.1 Å². The van der Waals surface area contributed by atoms with Gasteiger partial charge in [0.25, 0.3) is 0 Å². The third-order valence-electron chi connectivity index (χ3n) is 2.91. The van der Waals surface area contributed by atoms with Crippen LogP contribution in [0.25, 0.3) is 0 Å². The van der Waals surface area contributed by atoms with Gasteiger partial charge in [0, 0.05) is 6.61 Å². The third kappa shape index (κ3) is 5.11. The molecule has 0 radical (unpaired) electrons. The van der Waals surface area contributed by atoms with E-state index in [1.807, 2.05) is 6.07 Å². The number of hydrogen-bond donors (Lipinski definition) is 1. The second-order valence-electron chi connectivity index (χ2n) is 4.49. The van der Waals surface area contributed by atoms with Crippen molar-refractivity contribution in [1.82, 2.24) is 5.32 Å². The van der Waals surface area contributed by atoms with Crippen molar-refractivity contribution >= 4 is 11.8 Å². The first kappa shape index (κ1) is 12.9. The summed E-state index contributed by atoms with van der Waals surface area (Å²) in [6.45, 7) is 4.07. The normalized spacial score (nSPS) is 15.8.